The van der Waals surface area contributed by atoms with E-state index in [1.807, 2.05) is 42.5 Å². The van der Waals surface area contributed by atoms with Crippen molar-refractivity contribution in [3.05, 3.63) is 66.7 Å². The summed E-state index contributed by atoms with van der Waals surface area (Å²) in [5.41, 5.74) is 0.0107. The van der Waals surface area contributed by atoms with Crippen LogP contribution in [-0.4, -0.2) is 16.8 Å². The Hall–Kier alpha value is -2.73. The Labute approximate surface area is 160 Å². The van der Waals surface area contributed by atoms with Gasteiger partial charge in [0.2, 0.25) is 5.91 Å². The summed E-state index contributed by atoms with van der Waals surface area (Å²) in [6, 6.07) is 20.4. The lowest BCUT2D eigenvalue weighted by molar-refractivity contribution is -0.124. The van der Waals surface area contributed by atoms with E-state index in [-0.39, 0.29) is 0 Å². The monoisotopic (exact) mass is 384 g/mol. The topological polar surface area (TPSA) is 58.2 Å². The average molecular weight is 384 g/mol. The highest BCUT2D eigenvalue weighted by molar-refractivity contribution is 7.86. The smallest absolute Gasteiger partial charge is 0.232 e. The molecule has 3 rings (SSSR count). The van der Waals surface area contributed by atoms with Crippen LogP contribution in [0.1, 0.15) is 13.8 Å². The third kappa shape index (κ3) is 4.52. The molecule has 1 amide bonds. The van der Waals surface area contributed by atoms with Crippen LogP contribution in [0.2, 0.25) is 0 Å². The molecule has 1 atom stereocenters. The first-order valence-corrected chi connectivity index (χ1v) is 9.69. The molecule has 0 aromatic heterocycles. The van der Waals surface area contributed by atoms with Crippen LogP contribution in [0, 0.1) is 5.41 Å². The largest absolute Gasteiger partial charge is 0.325 e. The summed E-state index contributed by atoms with van der Waals surface area (Å²) in [4.78, 5) is 12.8. The first-order chi connectivity index (χ1) is 12.9. The average Bonchev–Trinajstić information content (AvgIpc) is 2.67. The van der Waals surface area contributed by atoms with Crippen molar-refractivity contribution < 1.29 is 13.4 Å². The number of anilines is 2. The Balaban J connectivity index is 1.75. The Bertz CT molecular complexity index is 1000. The molecular formula is C21H21FN2O2S. The summed E-state index contributed by atoms with van der Waals surface area (Å²) in [6.07, 6.45) is 0. The van der Waals surface area contributed by atoms with Crippen molar-refractivity contribution in [3.63, 3.8) is 0 Å². The number of hydrogen-bond donors (Lipinski definition) is 2. The third-order valence-electron chi connectivity index (χ3n) is 4.21. The van der Waals surface area contributed by atoms with Gasteiger partial charge < -0.3 is 10.0 Å². The molecule has 3 aromatic carbocycles. The van der Waals surface area contributed by atoms with E-state index in [4.69, 9.17) is 0 Å². The number of nitrogens with one attached hydrogen (secondary N) is 2. The number of hydrogen-bond acceptors (Lipinski definition) is 2. The molecule has 3 aromatic rings. The van der Waals surface area contributed by atoms with Gasteiger partial charge in [-0.2, -0.15) is 0 Å². The maximum atomic E-state index is 13.0. The minimum atomic E-state index is -1.45. The van der Waals surface area contributed by atoms with E-state index >= 15 is 0 Å². The molecule has 0 spiro atoms. The van der Waals surface area contributed by atoms with E-state index in [9.17, 15) is 13.4 Å². The van der Waals surface area contributed by atoms with Crippen LogP contribution < -0.4 is 10.0 Å². The van der Waals surface area contributed by atoms with Gasteiger partial charge in [-0.25, -0.2) is 8.60 Å². The highest BCUT2D eigenvalue weighted by Gasteiger charge is 2.27. The Morgan fingerprint density at radius 1 is 0.963 bits per heavy atom. The van der Waals surface area contributed by atoms with Gasteiger partial charge in [0.25, 0.3) is 0 Å². The second kappa shape index (κ2) is 7.88. The Morgan fingerprint density at radius 3 is 2.41 bits per heavy atom. The molecule has 140 valence electrons. The zero-order valence-corrected chi connectivity index (χ0v) is 16.0. The molecule has 0 aliphatic carbocycles. The number of amides is 1. The summed E-state index contributed by atoms with van der Waals surface area (Å²) >= 11 is 0. The molecule has 0 heterocycles. The molecule has 0 saturated heterocycles. The zero-order chi connectivity index (χ0) is 19.4. The van der Waals surface area contributed by atoms with Crippen LogP contribution in [0.15, 0.2) is 71.6 Å². The van der Waals surface area contributed by atoms with Crippen molar-refractivity contribution in [2.45, 2.75) is 18.7 Å². The second-order valence-electron chi connectivity index (χ2n) is 6.93. The van der Waals surface area contributed by atoms with Crippen molar-refractivity contribution in [1.82, 2.24) is 0 Å². The molecule has 6 heteroatoms. The minimum Gasteiger partial charge on any atom is -0.325 e. The first kappa shape index (κ1) is 19.0. The van der Waals surface area contributed by atoms with Crippen molar-refractivity contribution in [2.75, 3.05) is 16.7 Å². The van der Waals surface area contributed by atoms with E-state index < -0.39 is 29.0 Å². The Kier molecular flexibility index (Phi) is 5.56. The Morgan fingerprint density at radius 2 is 1.67 bits per heavy atom. The zero-order valence-electron chi connectivity index (χ0n) is 15.2. The van der Waals surface area contributed by atoms with Gasteiger partial charge in [0.1, 0.15) is 17.7 Å². The molecule has 0 bridgehead atoms. The predicted octanol–water partition coefficient (Wildman–Crippen LogP) is 4.91. The van der Waals surface area contributed by atoms with Crippen LogP contribution in [-0.2, 0) is 15.8 Å². The summed E-state index contributed by atoms with van der Waals surface area (Å²) in [5.74, 6) is -0.405. The lowest BCUT2D eigenvalue weighted by Gasteiger charge is -2.19. The maximum Gasteiger partial charge on any atom is 0.232 e. The van der Waals surface area contributed by atoms with Crippen molar-refractivity contribution in [1.29, 1.82) is 0 Å². The van der Waals surface area contributed by atoms with Gasteiger partial charge in [0, 0.05) is 11.4 Å². The molecule has 4 nitrogen and oxygen atoms in total. The lowest BCUT2D eigenvalue weighted by atomic mass is 9.94. The standard InChI is InChI=1S/C21H21FN2O2S/c1-21(2,14-22)20(25)23-17-8-5-9-18(13-17)24-27(26)19-11-10-15-6-3-4-7-16(15)12-19/h3-13,24H,14H2,1-2H3,(H,23,25). The predicted molar refractivity (Wildman–Crippen MR) is 109 cm³/mol. The van der Waals surface area contributed by atoms with E-state index in [0.29, 0.717) is 16.3 Å². The fraction of sp³-hybridized carbons (Fsp3) is 0.190. The van der Waals surface area contributed by atoms with Crippen LogP contribution in [0.4, 0.5) is 15.8 Å². The van der Waals surface area contributed by atoms with Gasteiger partial charge in [-0.3, -0.25) is 4.79 Å². The van der Waals surface area contributed by atoms with Gasteiger partial charge >= 0.3 is 0 Å². The highest BCUT2D eigenvalue weighted by atomic mass is 32.2. The number of benzene rings is 3. The van der Waals surface area contributed by atoms with E-state index in [0.717, 1.165) is 10.8 Å². The molecule has 0 saturated carbocycles. The fourth-order valence-electron chi connectivity index (χ4n) is 2.47. The molecule has 0 aliphatic heterocycles. The second-order valence-corrected chi connectivity index (χ2v) is 8.15. The number of carbonyl (C=O) groups is 1. The third-order valence-corrected chi connectivity index (χ3v) is 5.32. The van der Waals surface area contributed by atoms with Gasteiger partial charge in [-0.1, -0.05) is 36.4 Å². The summed E-state index contributed by atoms with van der Waals surface area (Å²) < 4.78 is 28.6. The number of rotatable bonds is 6. The molecule has 0 fully saturated rings. The molecular weight excluding hydrogens is 363 g/mol. The SMILES string of the molecule is CC(C)(CF)C(=O)Nc1cccc(NS(=O)c2ccc3ccccc3c2)c1. The fourth-order valence-corrected chi connectivity index (χ4v) is 3.35. The van der Waals surface area contributed by atoms with Crippen LogP contribution in [0.25, 0.3) is 10.8 Å². The molecule has 27 heavy (non-hydrogen) atoms. The summed E-state index contributed by atoms with van der Waals surface area (Å²) in [6.45, 7) is 2.33. The lowest BCUT2D eigenvalue weighted by Crippen LogP contribution is -2.32. The van der Waals surface area contributed by atoms with E-state index in [2.05, 4.69) is 10.0 Å². The molecule has 0 aliphatic rings. The van der Waals surface area contributed by atoms with Crippen LogP contribution in [0.3, 0.4) is 0 Å². The van der Waals surface area contributed by atoms with E-state index in [1.165, 1.54) is 0 Å². The maximum absolute atomic E-state index is 13.0. The van der Waals surface area contributed by atoms with Crippen molar-refractivity contribution in [2.24, 2.45) is 5.41 Å². The number of halogens is 1. The normalized spacial score (nSPS) is 12.6. The quantitative estimate of drug-likeness (QED) is 0.634. The molecule has 2 N–H and O–H groups in total. The summed E-state index contributed by atoms with van der Waals surface area (Å²) in [7, 11) is -1.45. The minimum absolute atomic E-state index is 0.405. The van der Waals surface area contributed by atoms with Crippen LogP contribution in [0.5, 0.6) is 0 Å². The molecule has 0 radical (unpaired) electrons. The van der Waals surface area contributed by atoms with Crippen LogP contribution >= 0.6 is 0 Å². The summed E-state index contributed by atoms with van der Waals surface area (Å²) in [5, 5.41) is 4.79. The van der Waals surface area contributed by atoms with Gasteiger partial charge in [-0.05, 0) is 55.0 Å². The van der Waals surface area contributed by atoms with Gasteiger partial charge in [-0.15, -0.1) is 0 Å². The van der Waals surface area contributed by atoms with Crippen molar-refractivity contribution in [3.8, 4) is 0 Å². The number of fused-ring (bicyclic) bond motifs is 1. The van der Waals surface area contributed by atoms with E-state index in [1.54, 1.807) is 38.1 Å². The number of carbonyl (C=O) groups excluding carboxylic acids is 1. The molecule has 1 unspecified atom stereocenters. The highest BCUT2D eigenvalue weighted by Crippen LogP contribution is 2.23. The number of alkyl halides is 1. The van der Waals surface area contributed by atoms with Gasteiger partial charge in [0.15, 0.2) is 0 Å². The van der Waals surface area contributed by atoms with Gasteiger partial charge in [0.05, 0.1) is 10.3 Å². The van der Waals surface area contributed by atoms with Crippen molar-refractivity contribution >= 4 is 39.0 Å². The first-order valence-electron chi connectivity index (χ1n) is 8.54.